The Morgan fingerprint density at radius 1 is 1.26 bits per heavy atom. The molecule has 0 aromatic heterocycles. The van der Waals surface area contributed by atoms with E-state index in [4.69, 9.17) is 4.74 Å². The van der Waals surface area contributed by atoms with Gasteiger partial charge in [-0.15, -0.1) is 0 Å². The summed E-state index contributed by atoms with van der Waals surface area (Å²) in [6, 6.07) is 0. The second-order valence-corrected chi connectivity index (χ2v) is 6.09. The van der Waals surface area contributed by atoms with Crippen LogP contribution >= 0.6 is 0 Å². The van der Waals surface area contributed by atoms with Crippen molar-refractivity contribution in [2.75, 3.05) is 6.61 Å². The number of carbonyl (C=O) groups is 3. The van der Waals surface area contributed by atoms with E-state index in [0.717, 1.165) is 0 Å². The first-order valence-electron chi connectivity index (χ1n) is 6.68. The molecule has 0 aromatic carbocycles. The smallest absolute Gasteiger partial charge is 0.309 e. The third kappa shape index (κ3) is 4.62. The Morgan fingerprint density at radius 2 is 1.79 bits per heavy atom. The molecule has 4 nitrogen and oxygen atoms in total. The Balaban J connectivity index is 2.75. The fourth-order valence-corrected chi connectivity index (χ4v) is 1.96. The molecular formula is C15H22O4. The highest BCUT2D eigenvalue weighted by atomic mass is 16.5. The van der Waals surface area contributed by atoms with Gasteiger partial charge in [0, 0.05) is 12.8 Å². The minimum absolute atomic E-state index is 0.0333. The summed E-state index contributed by atoms with van der Waals surface area (Å²) in [6.45, 7) is 8.11. The van der Waals surface area contributed by atoms with Gasteiger partial charge in [-0.3, -0.25) is 14.4 Å². The summed E-state index contributed by atoms with van der Waals surface area (Å²) in [5.74, 6) is -1.53. The number of Topliss-reactive ketones (excluding diaryl/α,β-unsaturated/α-hetero) is 2. The van der Waals surface area contributed by atoms with Crippen LogP contribution in [0.1, 0.15) is 47.0 Å². The lowest BCUT2D eigenvalue weighted by Gasteiger charge is -2.21. The second-order valence-electron chi connectivity index (χ2n) is 6.09. The number of allylic oxidation sites excluding steroid dienone is 2. The van der Waals surface area contributed by atoms with Gasteiger partial charge in [0.05, 0.1) is 18.1 Å². The van der Waals surface area contributed by atoms with Gasteiger partial charge in [-0.2, -0.15) is 0 Å². The van der Waals surface area contributed by atoms with Crippen molar-refractivity contribution >= 4 is 17.5 Å². The SMILES string of the molecule is CCOC(=O)C1CC(=O)C(=CCC(C)(C)C)C(=O)C1. The summed E-state index contributed by atoms with van der Waals surface area (Å²) in [6.07, 6.45) is 2.55. The highest BCUT2D eigenvalue weighted by Crippen LogP contribution is 2.27. The van der Waals surface area contributed by atoms with Crippen LogP contribution in [0.15, 0.2) is 11.6 Å². The van der Waals surface area contributed by atoms with Crippen LogP contribution in [0.5, 0.6) is 0 Å². The van der Waals surface area contributed by atoms with Crippen molar-refractivity contribution in [3.63, 3.8) is 0 Å². The fraction of sp³-hybridized carbons (Fsp3) is 0.667. The minimum Gasteiger partial charge on any atom is -0.466 e. The third-order valence-corrected chi connectivity index (χ3v) is 3.00. The van der Waals surface area contributed by atoms with E-state index in [1.54, 1.807) is 13.0 Å². The maximum atomic E-state index is 11.9. The highest BCUT2D eigenvalue weighted by molar-refractivity contribution is 6.23. The Labute approximate surface area is 114 Å². The number of ether oxygens (including phenoxy) is 1. The first-order valence-corrected chi connectivity index (χ1v) is 6.68. The van der Waals surface area contributed by atoms with Crippen molar-refractivity contribution < 1.29 is 19.1 Å². The van der Waals surface area contributed by atoms with Crippen LogP contribution in [0.2, 0.25) is 0 Å². The van der Waals surface area contributed by atoms with E-state index in [-0.39, 0.29) is 42.0 Å². The zero-order valence-electron chi connectivity index (χ0n) is 12.1. The molecule has 106 valence electrons. The lowest BCUT2D eigenvalue weighted by molar-refractivity contribution is -0.151. The standard InChI is InChI=1S/C15H22O4/c1-5-19-14(18)10-8-12(16)11(13(17)9-10)6-7-15(2,3)4/h6,10H,5,7-9H2,1-4H3. The molecule has 0 atom stereocenters. The maximum Gasteiger partial charge on any atom is 0.309 e. The predicted octanol–water partition coefficient (Wildman–Crippen LogP) is 2.46. The molecule has 0 bridgehead atoms. The molecule has 0 radical (unpaired) electrons. The van der Waals surface area contributed by atoms with Crippen LogP contribution in [0.25, 0.3) is 0 Å². The monoisotopic (exact) mass is 266 g/mol. The zero-order valence-corrected chi connectivity index (χ0v) is 12.1. The fourth-order valence-electron chi connectivity index (χ4n) is 1.96. The summed E-state index contributed by atoms with van der Waals surface area (Å²) in [5.41, 5.74) is 0.293. The molecule has 1 aliphatic rings. The van der Waals surface area contributed by atoms with Crippen molar-refractivity contribution in [1.82, 2.24) is 0 Å². The van der Waals surface area contributed by atoms with Gasteiger partial charge < -0.3 is 4.74 Å². The summed E-state index contributed by atoms with van der Waals surface area (Å²) in [5, 5.41) is 0. The third-order valence-electron chi connectivity index (χ3n) is 3.00. The number of hydrogen-bond donors (Lipinski definition) is 0. The second kappa shape index (κ2) is 6.13. The first kappa shape index (κ1) is 15.6. The van der Waals surface area contributed by atoms with Gasteiger partial charge in [-0.25, -0.2) is 0 Å². The van der Waals surface area contributed by atoms with E-state index in [1.807, 2.05) is 20.8 Å². The van der Waals surface area contributed by atoms with Crippen molar-refractivity contribution in [2.24, 2.45) is 11.3 Å². The van der Waals surface area contributed by atoms with Crippen molar-refractivity contribution in [2.45, 2.75) is 47.0 Å². The van der Waals surface area contributed by atoms with Crippen LogP contribution < -0.4 is 0 Å². The number of esters is 1. The van der Waals surface area contributed by atoms with Crippen LogP contribution in [-0.2, 0) is 19.1 Å². The highest BCUT2D eigenvalue weighted by Gasteiger charge is 2.35. The van der Waals surface area contributed by atoms with Gasteiger partial charge in [0.1, 0.15) is 0 Å². The molecule has 1 aliphatic carbocycles. The quantitative estimate of drug-likeness (QED) is 0.447. The molecule has 1 fully saturated rings. The van der Waals surface area contributed by atoms with Crippen molar-refractivity contribution in [3.8, 4) is 0 Å². The van der Waals surface area contributed by atoms with Crippen LogP contribution in [0.4, 0.5) is 0 Å². The van der Waals surface area contributed by atoms with E-state index in [1.165, 1.54) is 0 Å². The number of rotatable bonds is 3. The molecule has 0 unspecified atom stereocenters. The van der Waals surface area contributed by atoms with Crippen molar-refractivity contribution in [1.29, 1.82) is 0 Å². The number of hydrogen-bond acceptors (Lipinski definition) is 4. The zero-order chi connectivity index (χ0) is 14.6. The van der Waals surface area contributed by atoms with Crippen LogP contribution in [0, 0.1) is 11.3 Å². The molecule has 4 heteroatoms. The largest absolute Gasteiger partial charge is 0.466 e. The Morgan fingerprint density at radius 3 is 2.21 bits per heavy atom. The summed E-state index contributed by atoms with van der Waals surface area (Å²) in [4.78, 5) is 35.5. The van der Waals surface area contributed by atoms with Crippen molar-refractivity contribution in [3.05, 3.63) is 11.6 Å². The molecule has 0 amide bonds. The Kier molecular flexibility index (Phi) is 5.04. The normalized spacial score (nSPS) is 20.4. The molecule has 0 aliphatic heterocycles. The predicted molar refractivity (Wildman–Crippen MR) is 71.5 cm³/mol. The Hall–Kier alpha value is -1.45. The average molecular weight is 266 g/mol. The van der Waals surface area contributed by atoms with Gasteiger partial charge in [0.15, 0.2) is 11.6 Å². The molecule has 0 spiro atoms. The minimum atomic E-state index is -0.605. The van der Waals surface area contributed by atoms with E-state index >= 15 is 0 Å². The molecule has 1 saturated carbocycles. The molecule has 19 heavy (non-hydrogen) atoms. The number of carbonyl (C=O) groups excluding carboxylic acids is 3. The van der Waals surface area contributed by atoms with Gasteiger partial charge in [0.25, 0.3) is 0 Å². The molecular weight excluding hydrogens is 244 g/mol. The maximum absolute atomic E-state index is 11.9. The molecule has 0 N–H and O–H groups in total. The lowest BCUT2D eigenvalue weighted by Crippen LogP contribution is -2.31. The van der Waals surface area contributed by atoms with E-state index < -0.39 is 11.9 Å². The van der Waals surface area contributed by atoms with E-state index in [2.05, 4.69) is 0 Å². The number of ketones is 2. The molecule has 1 rings (SSSR count). The van der Waals surface area contributed by atoms with Gasteiger partial charge in [-0.05, 0) is 18.8 Å². The first-order chi connectivity index (χ1) is 8.74. The van der Waals surface area contributed by atoms with Crippen LogP contribution in [0.3, 0.4) is 0 Å². The summed E-state index contributed by atoms with van der Waals surface area (Å²) < 4.78 is 4.86. The van der Waals surface area contributed by atoms with Gasteiger partial charge in [-0.1, -0.05) is 26.8 Å². The van der Waals surface area contributed by atoms with Gasteiger partial charge in [0.2, 0.25) is 0 Å². The van der Waals surface area contributed by atoms with Crippen LogP contribution in [-0.4, -0.2) is 24.1 Å². The molecule has 0 heterocycles. The topological polar surface area (TPSA) is 60.4 Å². The molecule has 0 saturated heterocycles. The Bertz CT molecular complexity index is 392. The summed E-state index contributed by atoms with van der Waals surface area (Å²) >= 11 is 0. The lowest BCUT2D eigenvalue weighted by atomic mass is 9.81. The summed E-state index contributed by atoms with van der Waals surface area (Å²) in [7, 11) is 0. The molecule has 0 aromatic rings. The van der Waals surface area contributed by atoms with E-state index in [9.17, 15) is 14.4 Å². The van der Waals surface area contributed by atoms with E-state index in [0.29, 0.717) is 6.42 Å². The van der Waals surface area contributed by atoms with Gasteiger partial charge >= 0.3 is 5.97 Å². The average Bonchev–Trinajstić information content (AvgIpc) is 2.26.